The second kappa shape index (κ2) is 8.60. The molecule has 1 aliphatic heterocycles. The van der Waals surface area contributed by atoms with Crippen molar-refractivity contribution in [2.45, 2.75) is 13.8 Å². The number of ether oxygens (including phenoxy) is 2. The van der Waals surface area contributed by atoms with E-state index in [1.807, 2.05) is 85.9 Å². The van der Waals surface area contributed by atoms with Gasteiger partial charge in [0.05, 0.1) is 12.8 Å². The number of carbonyl (C=O) groups is 1. The molecular formula is C29H26N2O3. The summed E-state index contributed by atoms with van der Waals surface area (Å²) in [7, 11) is 3.46. The predicted octanol–water partition coefficient (Wildman–Crippen LogP) is 6.41. The van der Waals surface area contributed by atoms with Crippen molar-refractivity contribution in [1.82, 2.24) is 4.57 Å². The first-order chi connectivity index (χ1) is 16.5. The first-order valence-corrected chi connectivity index (χ1v) is 11.2. The Hall–Kier alpha value is -4.25. The molecule has 0 radical (unpaired) electrons. The molecule has 5 heteroatoms. The summed E-state index contributed by atoms with van der Waals surface area (Å²) in [6.07, 6.45) is 2.00. The fourth-order valence-corrected chi connectivity index (χ4v) is 4.47. The summed E-state index contributed by atoms with van der Waals surface area (Å²) in [5, 5.41) is 0. The molecule has 0 N–H and O–H groups in total. The summed E-state index contributed by atoms with van der Waals surface area (Å²) >= 11 is 0. The summed E-state index contributed by atoms with van der Waals surface area (Å²) < 4.78 is 13.4. The van der Waals surface area contributed by atoms with Gasteiger partial charge in [0, 0.05) is 35.3 Å². The van der Waals surface area contributed by atoms with E-state index >= 15 is 0 Å². The molecule has 0 spiro atoms. The molecule has 2 heterocycles. The number of aryl methyl sites for hydroxylation is 1. The third-order valence-corrected chi connectivity index (χ3v) is 6.25. The van der Waals surface area contributed by atoms with Crippen LogP contribution in [-0.4, -0.2) is 24.6 Å². The first kappa shape index (κ1) is 21.6. The maximum absolute atomic E-state index is 12.9. The van der Waals surface area contributed by atoms with Crippen molar-refractivity contribution in [2.75, 3.05) is 19.1 Å². The van der Waals surface area contributed by atoms with Gasteiger partial charge in [-0.3, -0.25) is 4.79 Å². The van der Waals surface area contributed by atoms with E-state index in [1.165, 1.54) is 0 Å². The minimum Gasteiger partial charge on any atom is -0.497 e. The number of anilines is 1. The Kier molecular flexibility index (Phi) is 5.46. The molecule has 5 nitrogen and oxygen atoms in total. The lowest BCUT2D eigenvalue weighted by molar-refractivity contribution is -0.112. The van der Waals surface area contributed by atoms with Crippen LogP contribution >= 0.6 is 0 Å². The fraction of sp³-hybridized carbons (Fsp3) is 0.138. The van der Waals surface area contributed by atoms with Crippen LogP contribution in [0.2, 0.25) is 0 Å². The van der Waals surface area contributed by atoms with Gasteiger partial charge in [0.25, 0.3) is 5.91 Å². The first-order valence-electron chi connectivity index (χ1n) is 11.2. The average Bonchev–Trinajstić information content (AvgIpc) is 3.27. The van der Waals surface area contributed by atoms with E-state index in [-0.39, 0.29) is 5.91 Å². The normalized spacial score (nSPS) is 13.9. The van der Waals surface area contributed by atoms with E-state index < -0.39 is 0 Å². The average molecular weight is 451 g/mol. The van der Waals surface area contributed by atoms with Gasteiger partial charge >= 0.3 is 0 Å². The number of likely N-dealkylation sites (N-methyl/N-ethyl adjacent to an activating group) is 1. The van der Waals surface area contributed by atoms with E-state index in [2.05, 4.69) is 24.5 Å². The lowest BCUT2D eigenvalue weighted by Crippen LogP contribution is -2.20. The highest BCUT2D eigenvalue weighted by atomic mass is 16.5. The van der Waals surface area contributed by atoms with E-state index in [0.29, 0.717) is 0 Å². The van der Waals surface area contributed by atoms with Crippen molar-refractivity contribution in [3.63, 3.8) is 0 Å². The van der Waals surface area contributed by atoms with Crippen LogP contribution in [-0.2, 0) is 4.79 Å². The molecule has 1 aromatic heterocycles. The smallest absolute Gasteiger partial charge is 0.258 e. The standard InChI is InChI=1S/C29H26N2O3/c1-19-17-21(18-27-26-7-5-6-8-28(26)30(3)29(27)32)20(2)31(19)22-9-11-24(12-10-22)34-25-15-13-23(33-4)14-16-25/h5-18H,1-4H3. The summed E-state index contributed by atoms with van der Waals surface area (Å²) in [6, 6.07) is 25.5. The molecule has 0 saturated heterocycles. The highest BCUT2D eigenvalue weighted by Gasteiger charge is 2.29. The molecule has 0 fully saturated rings. The molecule has 170 valence electrons. The van der Waals surface area contributed by atoms with Crippen molar-refractivity contribution >= 4 is 23.2 Å². The number of aromatic nitrogens is 1. The van der Waals surface area contributed by atoms with Gasteiger partial charge in [-0.05, 0) is 86.2 Å². The van der Waals surface area contributed by atoms with Crippen LogP contribution in [0.1, 0.15) is 22.5 Å². The van der Waals surface area contributed by atoms with E-state index in [4.69, 9.17) is 9.47 Å². The number of rotatable bonds is 5. The van der Waals surface area contributed by atoms with Crippen molar-refractivity contribution in [2.24, 2.45) is 0 Å². The van der Waals surface area contributed by atoms with Crippen LogP contribution in [0, 0.1) is 13.8 Å². The molecule has 0 unspecified atom stereocenters. The van der Waals surface area contributed by atoms with Gasteiger partial charge in [-0.25, -0.2) is 0 Å². The second-order valence-corrected chi connectivity index (χ2v) is 8.37. The Morgan fingerprint density at radius 2 is 1.44 bits per heavy atom. The SMILES string of the molecule is COc1ccc(Oc2ccc(-n3c(C)cc(C=C4C(=O)N(C)c5ccccc54)c3C)cc2)cc1. The summed E-state index contributed by atoms with van der Waals surface area (Å²) in [4.78, 5) is 14.6. The van der Waals surface area contributed by atoms with Gasteiger partial charge in [-0.2, -0.15) is 0 Å². The Morgan fingerprint density at radius 3 is 2.12 bits per heavy atom. The molecule has 3 aromatic carbocycles. The molecule has 0 saturated carbocycles. The highest BCUT2D eigenvalue weighted by Crippen LogP contribution is 2.37. The zero-order valence-corrected chi connectivity index (χ0v) is 19.7. The Morgan fingerprint density at radius 1 is 0.824 bits per heavy atom. The monoisotopic (exact) mass is 450 g/mol. The number of para-hydroxylation sites is 1. The third-order valence-electron chi connectivity index (χ3n) is 6.25. The van der Waals surface area contributed by atoms with Gasteiger partial charge in [0.2, 0.25) is 0 Å². The minimum absolute atomic E-state index is 0.0195. The highest BCUT2D eigenvalue weighted by molar-refractivity contribution is 6.35. The van der Waals surface area contributed by atoms with Crippen LogP contribution in [0.5, 0.6) is 17.2 Å². The molecule has 34 heavy (non-hydrogen) atoms. The quantitative estimate of drug-likeness (QED) is 0.330. The van der Waals surface area contributed by atoms with Crippen LogP contribution in [0.25, 0.3) is 17.3 Å². The third kappa shape index (κ3) is 3.75. The largest absolute Gasteiger partial charge is 0.497 e. The lowest BCUT2D eigenvalue weighted by Gasteiger charge is -2.12. The topological polar surface area (TPSA) is 43.7 Å². The zero-order valence-electron chi connectivity index (χ0n) is 19.7. The lowest BCUT2D eigenvalue weighted by atomic mass is 10.0. The summed E-state index contributed by atoms with van der Waals surface area (Å²) in [6.45, 7) is 4.16. The predicted molar refractivity (Wildman–Crippen MR) is 136 cm³/mol. The number of fused-ring (bicyclic) bond motifs is 1. The minimum atomic E-state index is 0.0195. The van der Waals surface area contributed by atoms with Gasteiger partial charge < -0.3 is 18.9 Å². The van der Waals surface area contributed by atoms with E-state index in [1.54, 1.807) is 12.0 Å². The van der Waals surface area contributed by atoms with E-state index in [9.17, 15) is 4.79 Å². The van der Waals surface area contributed by atoms with Gasteiger partial charge in [-0.15, -0.1) is 0 Å². The number of hydrogen-bond donors (Lipinski definition) is 0. The molecule has 0 bridgehead atoms. The molecule has 0 atom stereocenters. The molecule has 1 aliphatic rings. The zero-order chi connectivity index (χ0) is 23.8. The summed E-state index contributed by atoms with van der Waals surface area (Å²) in [5.41, 5.74) is 6.89. The fourth-order valence-electron chi connectivity index (χ4n) is 4.47. The van der Waals surface area contributed by atoms with Gasteiger partial charge in [0.1, 0.15) is 17.2 Å². The molecule has 4 aromatic rings. The number of methoxy groups -OCH3 is 1. The number of carbonyl (C=O) groups excluding carboxylic acids is 1. The number of nitrogens with zero attached hydrogens (tertiary/aromatic N) is 2. The van der Waals surface area contributed by atoms with Crippen LogP contribution in [0.3, 0.4) is 0 Å². The maximum Gasteiger partial charge on any atom is 0.258 e. The van der Waals surface area contributed by atoms with Crippen LogP contribution in [0.4, 0.5) is 5.69 Å². The number of hydrogen-bond acceptors (Lipinski definition) is 3. The second-order valence-electron chi connectivity index (χ2n) is 8.37. The molecule has 1 amide bonds. The number of amides is 1. The van der Waals surface area contributed by atoms with Crippen LogP contribution < -0.4 is 14.4 Å². The summed E-state index contributed by atoms with van der Waals surface area (Å²) in [5.74, 6) is 2.32. The molecule has 0 aliphatic carbocycles. The van der Waals surface area contributed by atoms with Crippen molar-refractivity contribution < 1.29 is 14.3 Å². The van der Waals surface area contributed by atoms with Crippen LogP contribution in [0.15, 0.2) is 78.9 Å². The Bertz CT molecular complexity index is 1400. The molecular weight excluding hydrogens is 424 g/mol. The maximum atomic E-state index is 12.9. The van der Waals surface area contributed by atoms with Crippen molar-refractivity contribution in [1.29, 1.82) is 0 Å². The van der Waals surface area contributed by atoms with Gasteiger partial charge in [0.15, 0.2) is 0 Å². The van der Waals surface area contributed by atoms with Gasteiger partial charge in [-0.1, -0.05) is 18.2 Å². The van der Waals surface area contributed by atoms with Crippen molar-refractivity contribution in [3.8, 4) is 22.9 Å². The van der Waals surface area contributed by atoms with E-state index in [0.717, 1.165) is 56.7 Å². The number of benzene rings is 3. The van der Waals surface area contributed by atoms with Crippen molar-refractivity contribution in [3.05, 3.63) is 101 Å². The molecule has 5 rings (SSSR count). The Labute approximate surface area is 199 Å². The Balaban J connectivity index is 1.43.